The van der Waals surface area contributed by atoms with Gasteiger partial charge in [0.25, 0.3) is 0 Å². The highest BCUT2D eigenvalue weighted by molar-refractivity contribution is 6.29. The molecular weight excluding hydrogens is 530 g/mol. The van der Waals surface area contributed by atoms with Gasteiger partial charge in [0.2, 0.25) is 11.8 Å². The standard InChI is InChI=1S/C30H30ClN5O4/c1-18-5-3-7-26(36-14-12-20(16-28(36)37)23-6-4-8-27(31)34-23)25-15-19(11-13-32-25)22-10-9-21(33-30(39)40-2)17-24(22)35-29(18)38/h4,6,8-11,13,15-18,26H,3,5,7,12,14H2,1-2H3,(H,33,39)(H,35,38). The summed E-state index contributed by atoms with van der Waals surface area (Å²) in [5.41, 5.74) is 5.02. The molecule has 4 heterocycles. The molecule has 3 aromatic rings. The first-order valence-electron chi connectivity index (χ1n) is 13.2. The number of amides is 3. The minimum Gasteiger partial charge on any atom is -0.453 e. The van der Waals surface area contributed by atoms with E-state index in [2.05, 4.69) is 20.6 Å². The van der Waals surface area contributed by atoms with E-state index in [1.165, 1.54) is 7.11 Å². The number of anilines is 2. The third kappa shape index (κ3) is 5.99. The van der Waals surface area contributed by atoms with E-state index in [4.69, 9.17) is 16.3 Å². The fourth-order valence-electron chi connectivity index (χ4n) is 5.17. The number of rotatable bonds is 3. The number of fused-ring (bicyclic) bond motifs is 4. The molecule has 2 unspecified atom stereocenters. The first kappa shape index (κ1) is 27.3. The summed E-state index contributed by atoms with van der Waals surface area (Å²) >= 11 is 6.08. The zero-order valence-corrected chi connectivity index (χ0v) is 23.1. The molecule has 0 radical (unpaired) electrons. The second kappa shape index (κ2) is 11.9. The quantitative estimate of drug-likeness (QED) is 0.375. The lowest BCUT2D eigenvalue weighted by molar-refractivity contribution is -0.129. The van der Waals surface area contributed by atoms with Crippen LogP contribution in [0.2, 0.25) is 5.15 Å². The average Bonchev–Trinajstić information content (AvgIpc) is 2.95. The maximum absolute atomic E-state index is 13.4. The third-order valence-corrected chi connectivity index (χ3v) is 7.54. The summed E-state index contributed by atoms with van der Waals surface area (Å²) < 4.78 is 4.71. The van der Waals surface area contributed by atoms with E-state index < -0.39 is 6.09 Å². The summed E-state index contributed by atoms with van der Waals surface area (Å²) in [7, 11) is 1.29. The number of ether oxygens (including phenoxy) is 1. The van der Waals surface area contributed by atoms with Crippen molar-refractivity contribution in [1.29, 1.82) is 0 Å². The number of carbonyl (C=O) groups excluding carboxylic acids is 3. The Labute approximate surface area is 237 Å². The number of carbonyl (C=O) groups is 3. The fourth-order valence-corrected chi connectivity index (χ4v) is 5.33. The molecule has 5 rings (SSSR count). The molecule has 3 amide bonds. The molecule has 0 aliphatic carbocycles. The van der Waals surface area contributed by atoms with Gasteiger partial charge in [-0.1, -0.05) is 37.1 Å². The predicted octanol–water partition coefficient (Wildman–Crippen LogP) is 6.09. The molecular formula is C30H30ClN5O4. The van der Waals surface area contributed by atoms with Crippen LogP contribution in [0.3, 0.4) is 0 Å². The minimum atomic E-state index is -0.601. The van der Waals surface area contributed by atoms with Gasteiger partial charge in [-0.25, -0.2) is 9.78 Å². The first-order chi connectivity index (χ1) is 19.3. The molecule has 0 spiro atoms. The van der Waals surface area contributed by atoms with Gasteiger partial charge in [-0.3, -0.25) is 19.9 Å². The molecule has 0 fully saturated rings. The number of aromatic nitrogens is 2. The van der Waals surface area contributed by atoms with Gasteiger partial charge in [0.15, 0.2) is 0 Å². The van der Waals surface area contributed by atoms with Crippen molar-refractivity contribution in [3.63, 3.8) is 0 Å². The largest absolute Gasteiger partial charge is 0.453 e. The van der Waals surface area contributed by atoms with Crippen LogP contribution in [-0.2, 0) is 14.3 Å². The van der Waals surface area contributed by atoms with Crippen LogP contribution in [0.15, 0.2) is 60.8 Å². The van der Waals surface area contributed by atoms with Gasteiger partial charge < -0.3 is 15.0 Å². The van der Waals surface area contributed by atoms with Crippen molar-refractivity contribution in [2.75, 3.05) is 24.3 Å². The highest BCUT2D eigenvalue weighted by atomic mass is 35.5. The van der Waals surface area contributed by atoms with E-state index in [1.54, 1.807) is 30.5 Å². The Balaban J connectivity index is 1.51. The molecule has 10 heteroatoms. The van der Waals surface area contributed by atoms with Gasteiger partial charge in [0.1, 0.15) is 5.15 Å². The van der Waals surface area contributed by atoms with E-state index in [0.717, 1.165) is 28.8 Å². The topological polar surface area (TPSA) is 114 Å². The van der Waals surface area contributed by atoms with Gasteiger partial charge in [0, 0.05) is 36.0 Å². The van der Waals surface area contributed by atoms with Gasteiger partial charge in [-0.05, 0) is 66.8 Å². The third-order valence-electron chi connectivity index (χ3n) is 7.33. The highest BCUT2D eigenvalue weighted by Gasteiger charge is 2.30. The Hall–Kier alpha value is -4.24. The molecule has 2 N–H and O–H groups in total. The van der Waals surface area contributed by atoms with E-state index >= 15 is 0 Å². The molecule has 2 aliphatic heterocycles. The van der Waals surface area contributed by atoms with E-state index in [-0.39, 0.29) is 23.8 Å². The molecule has 2 aromatic heterocycles. The molecule has 2 bridgehead atoms. The Morgan fingerprint density at radius 1 is 1.15 bits per heavy atom. The van der Waals surface area contributed by atoms with Crippen LogP contribution in [0, 0.1) is 5.92 Å². The molecule has 206 valence electrons. The maximum Gasteiger partial charge on any atom is 0.411 e. The van der Waals surface area contributed by atoms with Crippen molar-refractivity contribution < 1.29 is 19.1 Å². The van der Waals surface area contributed by atoms with Crippen molar-refractivity contribution >= 4 is 46.5 Å². The van der Waals surface area contributed by atoms with Gasteiger partial charge >= 0.3 is 6.09 Å². The van der Waals surface area contributed by atoms with Crippen molar-refractivity contribution in [2.24, 2.45) is 5.92 Å². The van der Waals surface area contributed by atoms with E-state index in [1.807, 2.05) is 42.2 Å². The Bertz CT molecular complexity index is 1490. The summed E-state index contributed by atoms with van der Waals surface area (Å²) in [6.07, 6.45) is 5.47. The van der Waals surface area contributed by atoms with Crippen molar-refractivity contribution in [1.82, 2.24) is 14.9 Å². The molecule has 1 aromatic carbocycles. The summed E-state index contributed by atoms with van der Waals surface area (Å²) in [5.74, 6) is -0.468. The summed E-state index contributed by atoms with van der Waals surface area (Å²) in [6.45, 7) is 2.41. The molecule has 40 heavy (non-hydrogen) atoms. The lowest BCUT2D eigenvalue weighted by Crippen LogP contribution is -2.38. The Morgan fingerprint density at radius 3 is 2.77 bits per heavy atom. The Morgan fingerprint density at radius 2 is 2.00 bits per heavy atom. The maximum atomic E-state index is 13.4. The molecule has 2 atom stereocenters. The van der Waals surface area contributed by atoms with Gasteiger partial charge in [0.05, 0.1) is 30.2 Å². The number of hydrogen-bond donors (Lipinski definition) is 2. The number of benzene rings is 1. The normalized spacial score (nSPS) is 19.4. The number of pyridine rings is 2. The molecule has 0 saturated carbocycles. The van der Waals surface area contributed by atoms with E-state index in [9.17, 15) is 14.4 Å². The molecule has 0 saturated heterocycles. The monoisotopic (exact) mass is 559 g/mol. The number of hydrogen-bond acceptors (Lipinski definition) is 6. The fraction of sp³-hybridized carbons (Fsp3) is 0.300. The summed E-state index contributed by atoms with van der Waals surface area (Å²) in [6, 6.07) is 14.3. The van der Waals surface area contributed by atoms with Gasteiger partial charge in [-0.15, -0.1) is 0 Å². The smallest absolute Gasteiger partial charge is 0.411 e. The number of nitrogens with zero attached hydrogens (tertiary/aromatic N) is 3. The lowest BCUT2D eigenvalue weighted by Gasteiger charge is -2.34. The van der Waals surface area contributed by atoms with Crippen LogP contribution in [0.1, 0.15) is 50.0 Å². The Kier molecular flexibility index (Phi) is 8.11. The van der Waals surface area contributed by atoms with Crippen molar-refractivity contribution in [2.45, 2.75) is 38.6 Å². The van der Waals surface area contributed by atoms with Gasteiger partial charge in [-0.2, -0.15) is 0 Å². The van der Waals surface area contributed by atoms with Crippen molar-refractivity contribution in [3.05, 3.63) is 77.3 Å². The lowest BCUT2D eigenvalue weighted by atomic mass is 9.93. The second-order valence-electron chi connectivity index (χ2n) is 9.98. The van der Waals surface area contributed by atoms with Crippen LogP contribution in [0.4, 0.5) is 16.2 Å². The first-order valence-corrected chi connectivity index (χ1v) is 13.6. The number of nitrogens with one attached hydrogen (secondary N) is 2. The number of halogens is 1. The minimum absolute atomic E-state index is 0.1000. The zero-order chi connectivity index (χ0) is 28.2. The molecule has 9 nitrogen and oxygen atoms in total. The highest BCUT2D eigenvalue weighted by Crippen LogP contribution is 2.36. The van der Waals surface area contributed by atoms with Crippen LogP contribution < -0.4 is 10.6 Å². The second-order valence-corrected chi connectivity index (χ2v) is 10.4. The summed E-state index contributed by atoms with van der Waals surface area (Å²) in [5, 5.41) is 6.07. The van der Waals surface area contributed by atoms with Crippen molar-refractivity contribution in [3.8, 4) is 11.1 Å². The predicted molar refractivity (Wildman–Crippen MR) is 154 cm³/mol. The zero-order valence-electron chi connectivity index (χ0n) is 22.3. The molecule has 2 aliphatic rings. The van der Waals surface area contributed by atoms with Crippen LogP contribution in [0.5, 0.6) is 0 Å². The van der Waals surface area contributed by atoms with Crippen LogP contribution in [0.25, 0.3) is 16.7 Å². The number of methoxy groups -OCH3 is 1. The van der Waals surface area contributed by atoms with Crippen LogP contribution in [-0.4, -0.2) is 46.4 Å². The SMILES string of the molecule is COC(=O)Nc1ccc2c(c1)NC(=O)C(C)CCCC(N1CCC(c3cccc(Cl)n3)=CC1=O)c1cc-2ccn1. The average molecular weight is 560 g/mol. The summed E-state index contributed by atoms with van der Waals surface area (Å²) in [4.78, 5) is 49.2. The van der Waals surface area contributed by atoms with E-state index in [0.29, 0.717) is 48.0 Å². The van der Waals surface area contributed by atoms with Crippen LogP contribution >= 0.6 is 11.6 Å².